The summed E-state index contributed by atoms with van der Waals surface area (Å²) in [4.78, 5) is 12.0. The Hall–Kier alpha value is -0.570. The quantitative estimate of drug-likeness (QED) is 0.653. The summed E-state index contributed by atoms with van der Waals surface area (Å²) in [6.45, 7) is 1.74. The summed E-state index contributed by atoms with van der Waals surface area (Å²) in [5.74, 6) is 0.256. The Labute approximate surface area is 97.4 Å². The van der Waals surface area contributed by atoms with Crippen LogP contribution in [0, 0.1) is 5.41 Å². The Morgan fingerprint density at radius 3 is 2.19 bits per heavy atom. The summed E-state index contributed by atoms with van der Waals surface area (Å²) in [7, 11) is 0. The van der Waals surface area contributed by atoms with Gasteiger partial charge in [-0.2, -0.15) is 0 Å². The zero-order valence-electron chi connectivity index (χ0n) is 9.98. The molecule has 1 saturated heterocycles. The maximum Gasteiger partial charge on any atom is 0.240 e. The monoisotopic (exact) mass is 222 g/mol. The molecule has 3 aliphatic rings. The number of hydrogen-bond donors (Lipinski definition) is 2. The van der Waals surface area contributed by atoms with Gasteiger partial charge in [0, 0.05) is 13.1 Å². The zero-order chi connectivity index (χ0) is 11.1. The molecule has 16 heavy (non-hydrogen) atoms. The summed E-state index contributed by atoms with van der Waals surface area (Å²) in [6.07, 6.45) is 10.3. The minimum absolute atomic E-state index is 0.202. The molecule has 2 spiro atoms. The van der Waals surface area contributed by atoms with Crippen LogP contribution in [0.25, 0.3) is 0 Å². The van der Waals surface area contributed by atoms with Crippen molar-refractivity contribution in [2.45, 2.75) is 56.9 Å². The predicted octanol–water partition coefficient (Wildman–Crippen LogP) is 1.58. The second-order valence-electron chi connectivity index (χ2n) is 5.97. The predicted molar refractivity (Wildman–Crippen MR) is 63.1 cm³/mol. The first kappa shape index (κ1) is 10.6. The largest absolute Gasteiger partial charge is 0.353 e. The standard InChI is InChI=1S/C13H22N2O/c16-11-13(15-10-9-14-11)7-5-12(6-8-13)3-1-2-4-12/h15H,1-10H2,(H,14,16). The molecule has 3 rings (SSSR count). The molecule has 0 aromatic heterocycles. The molecule has 1 aliphatic heterocycles. The molecule has 3 nitrogen and oxygen atoms in total. The van der Waals surface area contributed by atoms with E-state index in [1.165, 1.54) is 38.5 Å². The van der Waals surface area contributed by atoms with E-state index in [-0.39, 0.29) is 11.4 Å². The van der Waals surface area contributed by atoms with Crippen LogP contribution >= 0.6 is 0 Å². The third kappa shape index (κ3) is 1.56. The van der Waals surface area contributed by atoms with Crippen LogP contribution in [0.2, 0.25) is 0 Å². The van der Waals surface area contributed by atoms with Gasteiger partial charge in [-0.25, -0.2) is 0 Å². The van der Waals surface area contributed by atoms with Crippen LogP contribution in [0.3, 0.4) is 0 Å². The number of piperazine rings is 1. The number of rotatable bonds is 0. The number of amides is 1. The lowest BCUT2D eigenvalue weighted by Crippen LogP contribution is -2.64. The van der Waals surface area contributed by atoms with Crippen molar-refractivity contribution in [3.05, 3.63) is 0 Å². The molecular formula is C13H22N2O. The van der Waals surface area contributed by atoms with Crippen LogP contribution in [0.5, 0.6) is 0 Å². The van der Waals surface area contributed by atoms with Gasteiger partial charge in [0.1, 0.15) is 0 Å². The SMILES string of the molecule is O=C1NCCNC12CCC1(CCCC1)CC2. The molecule has 0 aromatic carbocycles. The number of hydrogen-bond acceptors (Lipinski definition) is 2. The molecule has 0 aromatic rings. The van der Waals surface area contributed by atoms with Crippen LogP contribution in [0.15, 0.2) is 0 Å². The first-order valence-corrected chi connectivity index (χ1v) is 6.78. The van der Waals surface area contributed by atoms with Crippen molar-refractivity contribution in [2.24, 2.45) is 5.41 Å². The Bertz CT molecular complexity index is 284. The Kier molecular flexibility index (Phi) is 2.46. The molecule has 2 aliphatic carbocycles. The average molecular weight is 222 g/mol. The maximum absolute atomic E-state index is 12.0. The summed E-state index contributed by atoms with van der Waals surface area (Å²) in [5.41, 5.74) is 0.413. The lowest BCUT2D eigenvalue weighted by Gasteiger charge is -2.46. The van der Waals surface area contributed by atoms with E-state index >= 15 is 0 Å². The highest BCUT2D eigenvalue weighted by Gasteiger charge is 2.48. The third-order valence-corrected chi connectivity index (χ3v) is 5.14. The lowest BCUT2D eigenvalue weighted by molar-refractivity contribution is -0.132. The van der Waals surface area contributed by atoms with Crippen LogP contribution in [-0.2, 0) is 4.79 Å². The first-order chi connectivity index (χ1) is 7.75. The van der Waals surface area contributed by atoms with Crippen molar-refractivity contribution in [2.75, 3.05) is 13.1 Å². The van der Waals surface area contributed by atoms with Crippen LogP contribution < -0.4 is 10.6 Å². The van der Waals surface area contributed by atoms with Crippen molar-refractivity contribution in [1.82, 2.24) is 10.6 Å². The van der Waals surface area contributed by atoms with E-state index in [0.29, 0.717) is 5.41 Å². The second kappa shape index (κ2) is 3.73. The lowest BCUT2D eigenvalue weighted by atomic mass is 9.66. The van der Waals surface area contributed by atoms with Crippen molar-refractivity contribution >= 4 is 5.91 Å². The van der Waals surface area contributed by atoms with Gasteiger partial charge in [0.05, 0.1) is 5.54 Å². The van der Waals surface area contributed by atoms with Crippen LogP contribution in [-0.4, -0.2) is 24.5 Å². The minimum Gasteiger partial charge on any atom is -0.353 e. The van der Waals surface area contributed by atoms with Crippen molar-refractivity contribution in [3.8, 4) is 0 Å². The van der Waals surface area contributed by atoms with Gasteiger partial charge in [-0.15, -0.1) is 0 Å². The van der Waals surface area contributed by atoms with Gasteiger partial charge in [0.2, 0.25) is 5.91 Å². The van der Waals surface area contributed by atoms with Gasteiger partial charge < -0.3 is 10.6 Å². The Balaban J connectivity index is 1.70. The molecule has 0 bridgehead atoms. The Morgan fingerprint density at radius 2 is 1.56 bits per heavy atom. The van der Waals surface area contributed by atoms with Gasteiger partial charge in [-0.3, -0.25) is 4.79 Å². The van der Waals surface area contributed by atoms with E-state index < -0.39 is 0 Å². The molecule has 2 N–H and O–H groups in total. The molecular weight excluding hydrogens is 200 g/mol. The highest BCUT2D eigenvalue weighted by atomic mass is 16.2. The highest BCUT2D eigenvalue weighted by molar-refractivity contribution is 5.87. The molecule has 3 fully saturated rings. The van der Waals surface area contributed by atoms with Crippen molar-refractivity contribution < 1.29 is 4.79 Å². The minimum atomic E-state index is -0.202. The van der Waals surface area contributed by atoms with Crippen molar-refractivity contribution in [1.29, 1.82) is 0 Å². The van der Waals surface area contributed by atoms with Gasteiger partial charge in [0.25, 0.3) is 0 Å². The fourth-order valence-electron chi connectivity index (χ4n) is 3.96. The topological polar surface area (TPSA) is 41.1 Å². The first-order valence-electron chi connectivity index (χ1n) is 6.78. The number of carbonyl (C=O) groups excluding carboxylic acids is 1. The van der Waals surface area contributed by atoms with E-state index in [2.05, 4.69) is 10.6 Å². The normalized spacial score (nSPS) is 31.9. The molecule has 0 atom stereocenters. The number of carbonyl (C=O) groups is 1. The molecule has 0 radical (unpaired) electrons. The second-order valence-corrected chi connectivity index (χ2v) is 5.97. The van der Waals surface area contributed by atoms with E-state index in [9.17, 15) is 4.79 Å². The zero-order valence-corrected chi connectivity index (χ0v) is 9.98. The van der Waals surface area contributed by atoms with Gasteiger partial charge in [0.15, 0.2) is 0 Å². The fraction of sp³-hybridized carbons (Fsp3) is 0.923. The molecule has 2 saturated carbocycles. The molecule has 1 amide bonds. The highest BCUT2D eigenvalue weighted by Crippen LogP contribution is 2.51. The van der Waals surface area contributed by atoms with Crippen LogP contribution in [0.1, 0.15) is 51.4 Å². The van der Waals surface area contributed by atoms with Gasteiger partial charge >= 0.3 is 0 Å². The summed E-state index contributed by atoms with van der Waals surface area (Å²) >= 11 is 0. The van der Waals surface area contributed by atoms with Crippen LogP contribution in [0.4, 0.5) is 0 Å². The summed E-state index contributed by atoms with van der Waals surface area (Å²) in [6, 6.07) is 0. The molecule has 90 valence electrons. The van der Waals surface area contributed by atoms with Gasteiger partial charge in [-0.1, -0.05) is 12.8 Å². The molecule has 0 unspecified atom stereocenters. The summed E-state index contributed by atoms with van der Waals surface area (Å²) < 4.78 is 0. The third-order valence-electron chi connectivity index (χ3n) is 5.14. The van der Waals surface area contributed by atoms with E-state index in [1.54, 1.807) is 0 Å². The molecule has 1 heterocycles. The van der Waals surface area contributed by atoms with E-state index in [0.717, 1.165) is 25.9 Å². The fourth-order valence-corrected chi connectivity index (χ4v) is 3.96. The van der Waals surface area contributed by atoms with E-state index in [1.807, 2.05) is 0 Å². The summed E-state index contributed by atoms with van der Waals surface area (Å²) in [5, 5.41) is 6.50. The maximum atomic E-state index is 12.0. The Morgan fingerprint density at radius 1 is 0.875 bits per heavy atom. The molecule has 3 heteroatoms. The van der Waals surface area contributed by atoms with Crippen molar-refractivity contribution in [3.63, 3.8) is 0 Å². The number of nitrogens with one attached hydrogen (secondary N) is 2. The average Bonchev–Trinajstić information content (AvgIpc) is 2.76. The van der Waals surface area contributed by atoms with Gasteiger partial charge in [-0.05, 0) is 43.9 Å². The van der Waals surface area contributed by atoms with E-state index in [4.69, 9.17) is 0 Å². The smallest absolute Gasteiger partial charge is 0.240 e.